The van der Waals surface area contributed by atoms with Crippen LogP contribution in [0.1, 0.15) is 131 Å². The lowest BCUT2D eigenvalue weighted by molar-refractivity contribution is -0.288. The molecule has 1 N–H and O–H groups in total. The summed E-state index contributed by atoms with van der Waals surface area (Å²) in [5.74, 6) is -5.80. The molecule has 3 saturated carbocycles. The maximum Gasteiger partial charge on any atom is 0.573 e. The third-order valence-electron chi connectivity index (χ3n) is 9.54. The van der Waals surface area contributed by atoms with Gasteiger partial charge in [0.1, 0.15) is 9.79 Å². The van der Waals surface area contributed by atoms with Gasteiger partial charge in [0.25, 0.3) is 10.1 Å². The summed E-state index contributed by atoms with van der Waals surface area (Å²) in [5, 5.41) is 0. The molecule has 3 aliphatic rings. The molecule has 16 heteroatoms. The van der Waals surface area contributed by atoms with E-state index in [0.717, 1.165) is 76.2 Å². The average molecular weight is 729 g/mol. The third-order valence-corrected chi connectivity index (χ3v) is 11.8. The molecule has 8 nitrogen and oxygen atoms in total. The lowest BCUT2D eigenvalue weighted by Crippen LogP contribution is -2.24. The molecular weight excluding hydrogens is 690 g/mol. The molecule has 48 heavy (non-hydrogen) atoms. The lowest BCUT2D eigenvalue weighted by Gasteiger charge is -2.32. The predicted octanol–water partition coefficient (Wildman–Crippen LogP) is 9.64. The molecule has 2 aromatic carbocycles. The van der Waals surface area contributed by atoms with Crippen LogP contribution in [0.5, 0.6) is 17.2 Å². The van der Waals surface area contributed by atoms with E-state index in [4.69, 9.17) is 4.18 Å². The fourth-order valence-corrected chi connectivity index (χ4v) is 9.56. The summed E-state index contributed by atoms with van der Waals surface area (Å²) in [4.78, 5) is -1.97. The molecule has 0 heterocycles. The van der Waals surface area contributed by atoms with Gasteiger partial charge in [-0.1, -0.05) is 69.9 Å². The van der Waals surface area contributed by atoms with Crippen LogP contribution in [0.3, 0.4) is 0 Å². The highest BCUT2D eigenvalue weighted by Crippen LogP contribution is 2.50. The smallest absolute Gasteiger partial charge is 0.400 e. The van der Waals surface area contributed by atoms with Crippen molar-refractivity contribution in [2.24, 2.45) is 0 Å². The van der Waals surface area contributed by atoms with E-state index in [0.29, 0.717) is 42.9 Å². The second-order valence-electron chi connectivity index (χ2n) is 12.9. The summed E-state index contributed by atoms with van der Waals surface area (Å²) in [6, 6.07) is 4.35. The Morgan fingerprint density at radius 3 is 1.44 bits per heavy atom. The van der Waals surface area contributed by atoms with Crippen molar-refractivity contribution in [1.29, 1.82) is 0 Å². The summed E-state index contributed by atoms with van der Waals surface area (Å²) in [5.41, 5.74) is 1.94. The van der Waals surface area contributed by atoms with Crippen molar-refractivity contribution in [3.63, 3.8) is 0 Å². The van der Waals surface area contributed by atoms with Gasteiger partial charge in [0.2, 0.25) is 5.75 Å². The first-order valence-electron chi connectivity index (χ1n) is 16.2. The number of halogens is 6. The van der Waals surface area contributed by atoms with E-state index in [9.17, 15) is 47.7 Å². The van der Waals surface area contributed by atoms with Gasteiger partial charge >= 0.3 is 22.8 Å². The van der Waals surface area contributed by atoms with Crippen LogP contribution in [0.2, 0.25) is 0 Å². The summed E-state index contributed by atoms with van der Waals surface area (Å²) >= 11 is 0. The second-order valence-corrected chi connectivity index (χ2v) is 15.7. The Kier molecular flexibility index (Phi) is 10.9. The minimum Gasteiger partial charge on any atom is -0.400 e. The number of hydrogen-bond acceptors (Lipinski definition) is 7. The second kappa shape index (κ2) is 14.3. The van der Waals surface area contributed by atoms with Gasteiger partial charge in [-0.25, -0.2) is 0 Å². The number of benzene rings is 2. The predicted molar refractivity (Wildman–Crippen MR) is 161 cm³/mol. The molecule has 0 spiro atoms. The van der Waals surface area contributed by atoms with Gasteiger partial charge in [-0.2, -0.15) is 16.8 Å². The van der Waals surface area contributed by atoms with Gasteiger partial charge in [-0.15, -0.1) is 26.3 Å². The Morgan fingerprint density at radius 2 is 1.02 bits per heavy atom. The lowest BCUT2D eigenvalue weighted by atomic mass is 9.76. The number of rotatable bonds is 9. The monoisotopic (exact) mass is 728 g/mol. The molecule has 3 aliphatic carbocycles. The molecule has 268 valence electrons. The first kappa shape index (κ1) is 36.6. The van der Waals surface area contributed by atoms with Gasteiger partial charge in [0.15, 0.2) is 11.5 Å². The Bertz CT molecular complexity index is 1630. The van der Waals surface area contributed by atoms with Gasteiger partial charge in [-0.3, -0.25) is 4.55 Å². The highest BCUT2D eigenvalue weighted by atomic mass is 32.2. The van der Waals surface area contributed by atoms with Crippen LogP contribution < -0.4 is 13.7 Å². The van der Waals surface area contributed by atoms with Gasteiger partial charge in [0.05, 0.1) is 0 Å². The van der Waals surface area contributed by atoms with Crippen molar-refractivity contribution in [2.45, 2.75) is 137 Å². The summed E-state index contributed by atoms with van der Waals surface area (Å²) in [6.45, 7) is 0. The quantitative estimate of drug-likeness (QED) is 0.154. The van der Waals surface area contributed by atoms with Crippen LogP contribution in [0.15, 0.2) is 34.1 Å². The summed E-state index contributed by atoms with van der Waals surface area (Å²) in [6.07, 6.45) is 1.33. The van der Waals surface area contributed by atoms with Crippen LogP contribution in [0, 0.1) is 0 Å². The van der Waals surface area contributed by atoms with Crippen molar-refractivity contribution in [3.05, 3.63) is 41.0 Å². The average Bonchev–Trinajstić information content (AvgIpc) is 3.01. The number of hydrogen-bond donors (Lipinski definition) is 1. The van der Waals surface area contributed by atoms with Crippen LogP contribution in [0.4, 0.5) is 26.3 Å². The van der Waals surface area contributed by atoms with Gasteiger partial charge in [0, 0.05) is 0 Å². The maximum absolute atomic E-state index is 14.4. The fourth-order valence-electron chi connectivity index (χ4n) is 7.47. The Morgan fingerprint density at radius 1 is 0.604 bits per heavy atom. The topological polar surface area (TPSA) is 116 Å². The van der Waals surface area contributed by atoms with Crippen LogP contribution in [0.25, 0.3) is 0 Å². The van der Waals surface area contributed by atoms with Crippen LogP contribution in [-0.4, -0.2) is 34.1 Å². The zero-order valence-corrected chi connectivity index (χ0v) is 27.7. The van der Waals surface area contributed by atoms with Crippen LogP contribution >= 0.6 is 0 Å². The fraction of sp³-hybridized carbons (Fsp3) is 0.625. The van der Waals surface area contributed by atoms with E-state index < -0.39 is 55.1 Å². The van der Waals surface area contributed by atoms with Crippen molar-refractivity contribution in [2.75, 3.05) is 0 Å². The largest absolute Gasteiger partial charge is 0.573 e. The summed E-state index contributed by atoms with van der Waals surface area (Å²) < 4.78 is 156. The summed E-state index contributed by atoms with van der Waals surface area (Å²) in [7, 11) is -10.7. The van der Waals surface area contributed by atoms with E-state index in [1.54, 1.807) is 0 Å². The zero-order valence-electron chi connectivity index (χ0n) is 26.0. The van der Waals surface area contributed by atoms with Gasteiger partial charge in [-0.05, 0) is 85.1 Å². The van der Waals surface area contributed by atoms with Crippen molar-refractivity contribution in [3.8, 4) is 17.2 Å². The van der Waals surface area contributed by atoms with Crippen LogP contribution in [-0.2, 0) is 20.2 Å². The molecule has 0 bridgehead atoms. The molecule has 0 saturated heterocycles. The van der Waals surface area contributed by atoms with E-state index in [-0.39, 0.29) is 28.7 Å². The maximum atomic E-state index is 14.4. The highest BCUT2D eigenvalue weighted by Gasteiger charge is 2.43. The first-order chi connectivity index (χ1) is 22.4. The first-order valence-corrected chi connectivity index (χ1v) is 19.1. The number of ether oxygens (including phenoxy) is 2. The van der Waals surface area contributed by atoms with E-state index >= 15 is 0 Å². The molecule has 2 aromatic rings. The van der Waals surface area contributed by atoms with Gasteiger partial charge < -0.3 is 13.7 Å². The molecule has 0 amide bonds. The van der Waals surface area contributed by atoms with Crippen molar-refractivity contribution >= 4 is 20.2 Å². The number of alkyl halides is 6. The standard InChI is InChI=1S/C32H38F6O8S2/c33-31(34,35)44-28-26(16-17-27(47(39,40)41)29(28)45-32(36,37)38)46-48(42,43)30-24(21-12-6-2-7-13-21)18-23(20-10-4-1-5-11-20)19-25(30)22-14-8-3-9-15-22/h16-22H,1-15H2,(H,39,40,41). The van der Waals surface area contributed by atoms with Crippen molar-refractivity contribution < 1.29 is 61.4 Å². The molecule has 0 aliphatic heterocycles. The Balaban J connectivity index is 1.72. The Labute approximate surface area is 276 Å². The van der Waals surface area contributed by atoms with E-state index in [1.165, 1.54) is 0 Å². The minimum absolute atomic E-state index is 0.197. The molecule has 3 fully saturated rings. The molecule has 0 aromatic heterocycles. The normalized spacial score (nSPS) is 19.6. The molecule has 5 rings (SSSR count). The third kappa shape index (κ3) is 8.89. The highest BCUT2D eigenvalue weighted by molar-refractivity contribution is 7.87. The molecule has 0 atom stereocenters. The minimum atomic E-state index is -5.78. The Hall–Kier alpha value is -2.72. The molecule has 0 radical (unpaired) electrons. The van der Waals surface area contributed by atoms with E-state index in [1.807, 2.05) is 12.1 Å². The molecular formula is C32H38F6O8S2. The van der Waals surface area contributed by atoms with E-state index in [2.05, 4.69) is 9.47 Å². The SMILES string of the molecule is O=S(=O)(O)c1ccc(OS(=O)(=O)c2c(C3CCCCC3)cc(C3CCCCC3)cc2C2CCCCC2)c(OC(F)(F)F)c1OC(F)(F)F. The molecule has 0 unspecified atom stereocenters. The zero-order chi connectivity index (χ0) is 34.9. The van der Waals surface area contributed by atoms with Crippen molar-refractivity contribution in [1.82, 2.24) is 0 Å².